The fourth-order valence-electron chi connectivity index (χ4n) is 3.02. The summed E-state index contributed by atoms with van der Waals surface area (Å²) in [4.78, 5) is 4.56. The Balaban J connectivity index is 1.75. The fourth-order valence-corrected chi connectivity index (χ4v) is 3.02. The van der Waals surface area contributed by atoms with E-state index in [0.29, 0.717) is 13.2 Å². The number of aromatic nitrogens is 7. The van der Waals surface area contributed by atoms with Gasteiger partial charge in [0.15, 0.2) is 11.6 Å². The van der Waals surface area contributed by atoms with Crippen molar-refractivity contribution in [2.24, 2.45) is 0 Å². The van der Waals surface area contributed by atoms with Gasteiger partial charge in [0, 0.05) is 26.0 Å². The highest BCUT2D eigenvalue weighted by atomic mass is 16.5. The predicted molar refractivity (Wildman–Crippen MR) is 92.1 cm³/mol. The molecule has 0 bridgehead atoms. The summed E-state index contributed by atoms with van der Waals surface area (Å²) in [6, 6.07) is 8.00. The van der Waals surface area contributed by atoms with Crippen LogP contribution in [0.25, 0.3) is 17.0 Å². The molecule has 0 aliphatic rings. The molecule has 25 heavy (non-hydrogen) atoms. The number of methoxy groups -OCH3 is 1. The van der Waals surface area contributed by atoms with E-state index < -0.39 is 0 Å². The maximum absolute atomic E-state index is 5.17. The van der Waals surface area contributed by atoms with Crippen LogP contribution in [-0.4, -0.2) is 47.6 Å². The number of nitrogens with zero attached hydrogens (tertiary/aromatic N) is 7. The summed E-state index contributed by atoms with van der Waals surface area (Å²) in [7, 11) is 1.69. The number of hydrogen-bond donors (Lipinski definition) is 0. The second kappa shape index (κ2) is 6.48. The molecule has 0 aliphatic carbocycles. The Morgan fingerprint density at radius 1 is 1.20 bits per heavy atom. The molecule has 0 saturated heterocycles. The van der Waals surface area contributed by atoms with Gasteiger partial charge in [-0.3, -0.25) is 0 Å². The monoisotopic (exact) mass is 337 g/mol. The Kier molecular flexibility index (Phi) is 4.02. The molecule has 0 N–H and O–H groups in total. The normalized spacial score (nSPS) is 12.7. The van der Waals surface area contributed by atoms with Gasteiger partial charge in [-0.25, -0.2) is 9.50 Å². The van der Waals surface area contributed by atoms with Crippen molar-refractivity contribution < 1.29 is 4.74 Å². The van der Waals surface area contributed by atoms with Crippen LogP contribution in [0.1, 0.15) is 18.8 Å². The lowest BCUT2D eigenvalue weighted by Gasteiger charge is -2.17. The van der Waals surface area contributed by atoms with E-state index >= 15 is 0 Å². The second-order valence-electron chi connectivity index (χ2n) is 5.79. The number of rotatable bonds is 6. The summed E-state index contributed by atoms with van der Waals surface area (Å²) in [5, 5.41) is 12.8. The zero-order valence-electron chi connectivity index (χ0n) is 14.1. The van der Waals surface area contributed by atoms with Crippen molar-refractivity contribution in [3.8, 4) is 11.5 Å². The number of pyridine rings is 1. The van der Waals surface area contributed by atoms with Crippen molar-refractivity contribution in [2.75, 3.05) is 13.7 Å². The number of imidazole rings is 1. The average Bonchev–Trinajstić information content (AvgIpc) is 3.38. The van der Waals surface area contributed by atoms with Crippen molar-refractivity contribution in [2.45, 2.75) is 19.5 Å². The van der Waals surface area contributed by atoms with Gasteiger partial charge in [0.2, 0.25) is 0 Å². The Hall–Kier alpha value is -3.00. The van der Waals surface area contributed by atoms with Crippen LogP contribution in [0.5, 0.6) is 0 Å². The molecule has 0 fully saturated rings. The van der Waals surface area contributed by atoms with Gasteiger partial charge in [0.1, 0.15) is 12.0 Å². The lowest BCUT2D eigenvalue weighted by molar-refractivity contribution is 0.185. The molecule has 0 radical (unpaired) electrons. The summed E-state index contributed by atoms with van der Waals surface area (Å²) in [6.45, 7) is 3.41. The maximum atomic E-state index is 5.17. The van der Waals surface area contributed by atoms with Crippen LogP contribution in [0.4, 0.5) is 0 Å². The van der Waals surface area contributed by atoms with Crippen LogP contribution < -0.4 is 0 Å². The molecule has 4 heterocycles. The van der Waals surface area contributed by atoms with E-state index in [2.05, 4.69) is 31.8 Å². The molecular weight excluding hydrogens is 318 g/mol. The van der Waals surface area contributed by atoms with Gasteiger partial charge in [-0.05, 0) is 25.1 Å². The fraction of sp³-hybridized carbons (Fsp3) is 0.294. The van der Waals surface area contributed by atoms with Crippen LogP contribution >= 0.6 is 0 Å². The predicted octanol–water partition coefficient (Wildman–Crippen LogP) is 2.04. The third kappa shape index (κ3) is 2.70. The molecule has 0 spiro atoms. The lowest BCUT2D eigenvalue weighted by atomic mass is 10.2. The second-order valence-corrected chi connectivity index (χ2v) is 5.79. The van der Waals surface area contributed by atoms with Gasteiger partial charge < -0.3 is 13.9 Å². The van der Waals surface area contributed by atoms with E-state index in [1.807, 2.05) is 39.5 Å². The van der Waals surface area contributed by atoms with Crippen molar-refractivity contribution in [1.29, 1.82) is 0 Å². The topological polar surface area (TPSA) is 75.1 Å². The quantitative estimate of drug-likeness (QED) is 0.538. The first-order chi connectivity index (χ1) is 12.3. The van der Waals surface area contributed by atoms with Gasteiger partial charge in [0.05, 0.1) is 24.4 Å². The third-order valence-corrected chi connectivity index (χ3v) is 4.29. The summed E-state index contributed by atoms with van der Waals surface area (Å²) in [5.41, 5.74) is 1.96. The van der Waals surface area contributed by atoms with E-state index in [-0.39, 0.29) is 6.04 Å². The lowest BCUT2D eigenvalue weighted by Crippen LogP contribution is -2.16. The van der Waals surface area contributed by atoms with E-state index in [4.69, 9.17) is 4.74 Å². The molecule has 0 amide bonds. The molecule has 4 aromatic rings. The Morgan fingerprint density at radius 2 is 2.12 bits per heavy atom. The molecule has 8 nitrogen and oxygen atoms in total. The molecule has 4 rings (SSSR count). The summed E-state index contributed by atoms with van der Waals surface area (Å²) < 4.78 is 11.1. The molecule has 8 heteroatoms. The van der Waals surface area contributed by atoms with E-state index in [1.54, 1.807) is 25.8 Å². The maximum Gasteiger partial charge on any atom is 0.159 e. The first kappa shape index (κ1) is 15.5. The van der Waals surface area contributed by atoms with Gasteiger partial charge in [0.25, 0.3) is 0 Å². The summed E-state index contributed by atoms with van der Waals surface area (Å²) in [5.74, 6) is 1.70. The molecule has 128 valence electrons. The third-order valence-electron chi connectivity index (χ3n) is 4.29. The molecule has 1 unspecified atom stereocenters. The standard InChI is InChI=1S/C17H19N7O/c1-13(16-21-19-12-22(16)10-11-25-2)23-9-8-18-17(23)15-5-3-4-14-6-7-20-24(14)15/h3-9,12-13H,10-11H2,1-2H3. The van der Waals surface area contributed by atoms with Crippen LogP contribution in [0.3, 0.4) is 0 Å². The average molecular weight is 337 g/mol. The summed E-state index contributed by atoms with van der Waals surface area (Å²) >= 11 is 0. The van der Waals surface area contributed by atoms with Gasteiger partial charge in [-0.2, -0.15) is 5.10 Å². The molecule has 0 aliphatic heterocycles. The molecule has 0 aromatic carbocycles. The first-order valence-electron chi connectivity index (χ1n) is 8.12. The van der Waals surface area contributed by atoms with Crippen molar-refractivity contribution >= 4 is 5.52 Å². The van der Waals surface area contributed by atoms with Crippen LogP contribution in [0, 0.1) is 0 Å². The Labute approximate surface area is 144 Å². The van der Waals surface area contributed by atoms with E-state index in [9.17, 15) is 0 Å². The molecule has 4 aromatic heterocycles. The number of fused-ring (bicyclic) bond motifs is 1. The number of ether oxygens (including phenoxy) is 1. The van der Waals surface area contributed by atoms with Crippen molar-refractivity contribution in [1.82, 2.24) is 33.9 Å². The zero-order valence-corrected chi connectivity index (χ0v) is 14.1. The Morgan fingerprint density at radius 3 is 3.00 bits per heavy atom. The minimum absolute atomic E-state index is 0.0253. The van der Waals surface area contributed by atoms with Crippen molar-refractivity contribution in [3.63, 3.8) is 0 Å². The van der Waals surface area contributed by atoms with E-state index in [1.165, 1.54) is 0 Å². The van der Waals surface area contributed by atoms with Gasteiger partial charge >= 0.3 is 0 Å². The minimum atomic E-state index is -0.0253. The number of hydrogen-bond acceptors (Lipinski definition) is 5. The molecular formula is C17H19N7O. The van der Waals surface area contributed by atoms with Gasteiger partial charge in [-0.1, -0.05) is 6.07 Å². The van der Waals surface area contributed by atoms with Gasteiger partial charge in [-0.15, -0.1) is 10.2 Å². The SMILES string of the molecule is COCCn1cnnc1C(C)n1ccnc1-c1cccc2ccnn12. The Bertz CT molecular complexity index is 984. The van der Waals surface area contributed by atoms with Crippen LogP contribution in [0.15, 0.2) is 49.2 Å². The van der Waals surface area contributed by atoms with Crippen molar-refractivity contribution in [3.05, 3.63) is 55.0 Å². The van der Waals surface area contributed by atoms with Crippen LogP contribution in [0.2, 0.25) is 0 Å². The first-order valence-corrected chi connectivity index (χ1v) is 8.12. The molecule has 1 atom stereocenters. The minimum Gasteiger partial charge on any atom is -0.383 e. The molecule has 0 saturated carbocycles. The largest absolute Gasteiger partial charge is 0.383 e. The van der Waals surface area contributed by atoms with Crippen LogP contribution in [-0.2, 0) is 11.3 Å². The highest BCUT2D eigenvalue weighted by Gasteiger charge is 2.20. The zero-order chi connectivity index (χ0) is 17.2. The highest BCUT2D eigenvalue weighted by Crippen LogP contribution is 2.25. The summed E-state index contributed by atoms with van der Waals surface area (Å²) in [6.07, 6.45) is 7.27. The van der Waals surface area contributed by atoms with E-state index in [0.717, 1.165) is 22.9 Å². The smallest absolute Gasteiger partial charge is 0.159 e. The highest BCUT2D eigenvalue weighted by molar-refractivity contribution is 5.59.